The number of benzene rings is 7. The number of hydrogen-bond acceptors (Lipinski definition) is 5. The van der Waals surface area contributed by atoms with Crippen LogP contribution in [0, 0.1) is 13.8 Å². The van der Waals surface area contributed by atoms with Crippen molar-refractivity contribution in [2.45, 2.75) is 66.2 Å². The van der Waals surface area contributed by atoms with Gasteiger partial charge in [0.25, 0.3) is 6.71 Å². The quantitative estimate of drug-likeness (QED) is 0.165. The van der Waals surface area contributed by atoms with Gasteiger partial charge in [-0.2, -0.15) is 0 Å². The highest BCUT2D eigenvalue weighted by Gasteiger charge is 2.47. The summed E-state index contributed by atoms with van der Waals surface area (Å²) in [6.07, 6.45) is 3.79. The van der Waals surface area contributed by atoms with Crippen LogP contribution in [0.4, 0.5) is 34.3 Å². The highest BCUT2D eigenvalue weighted by molar-refractivity contribution is 7.01. The van der Waals surface area contributed by atoms with Crippen LogP contribution in [-0.4, -0.2) is 6.71 Å². The summed E-state index contributed by atoms with van der Waals surface area (Å²) in [7, 11) is 0. The molecule has 7 aromatic carbocycles. The van der Waals surface area contributed by atoms with Gasteiger partial charge in [0.2, 0.25) is 5.88 Å². The first-order valence-electron chi connectivity index (χ1n) is 22.4. The molecular formula is C58H49BN2O3. The third kappa shape index (κ3) is 5.71. The Balaban J connectivity index is 1.17. The first-order chi connectivity index (χ1) is 30.8. The molecule has 12 rings (SSSR count). The molecule has 0 saturated carbocycles. The van der Waals surface area contributed by atoms with E-state index < -0.39 is 0 Å². The van der Waals surface area contributed by atoms with Gasteiger partial charge in [0.15, 0.2) is 0 Å². The molecule has 0 spiro atoms. The number of furan rings is 3. The number of aryl methyl sites for hydroxylation is 2. The number of anilines is 6. The molecule has 0 N–H and O–H groups in total. The van der Waals surface area contributed by atoms with Crippen LogP contribution in [0.3, 0.4) is 0 Å². The maximum absolute atomic E-state index is 7.23. The summed E-state index contributed by atoms with van der Waals surface area (Å²) in [5, 5.41) is 3.34. The van der Waals surface area contributed by atoms with Gasteiger partial charge < -0.3 is 18.2 Å². The second-order valence-corrected chi connectivity index (χ2v) is 19.9. The van der Waals surface area contributed by atoms with Crippen molar-refractivity contribution in [1.82, 2.24) is 0 Å². The van der Waals surface area contributed by atoms with E-state index in [2.05, 4.69) is 180 Å². The van der Waals surface area contributed by atoms with E-state index in [-0.39, 0.29) is 17.5 Å². The van der Waals surface area contributed by atoms with Crippen molar-refractivity contribution in [3.8, 4) is 22.3 Å². The average Bonchev–Trinajstić information content (AvgIpc) is 4.02. The van der Waals surface area contributed by atoms with Crippen molar-refractivity contribution in [3.05, 3.63) is 174 Å². The van der Waals surface area contributed by atoms with Crippen LogP contribution >= 0.6 is 0 Å². The van der Waals surface area contributed by atoms with Gasteiger partial charge >= 0.3 is 0 Å². The van der Waals surface area contributed by atoms with Crippen LogP contribution in [-0.2, 0) is 10.8 Å². The summed E-state index contributed by atoms with van der Waals surface area (Å²) in [4.78, 5) is 4.92. The lowest BCUT2D eigenvalue weighted by Crippen LogP contribution is -2.61. The summed E-state index contributed by atoms with van der Waals surface area (Å²) in [5.74, 6) is 0.878. The minimum Gasteiger partial charge on any atom is -0.464 e. The SMILES string of the molecule is Cc1cc(C(C)(C)C)cc(C)c1N1c2cccc3c2B(c2ccc(-c4coc5ccccc45)cc2N3c2cccc(-c3coc4ccccc34)c2)c2c1oc1ccc(C(C)(C)C)cc21. The van der Waals surface area contributed by atoms with Crippen LogP contribution in [0.5, 0.6) is 0 Å². The van der Waals surface area contributed by atoms with E-state index in [4.69, 9.17) is 13.3 Å². The van der Waals surface area contributed by atoms with E-state index in [1.165, 1.54) is 38.6 Å². The number of nitrogens with zero attached hydrogens (tertiary/aromatic N) is 2. The van der Waals surface area contributed by atoms with Gasteiger partial charge in [0.1, 0.15) is 16.7 Å². The normalized spacial score (nSPS) is 13.5. The van der Waals surface area contributed by atoms with Gasteiger partial charge in [-0.25, -0.2) is 0 Å². The van der Waals surface area contributed by atoms with Crippen LogP contribution in [0.1, 0.15) is 63.8 Å². The Hall–Kier alpha value is -7.18. The minimum absolute atomic E-state index is 0.00390. The zero-order valence-electron chi connectivity index (χ0n) is 37.6. The fourth-order valence-electron chi connectivity index (χ4n) is 10.5. The smallest absolute Gasteiger partial charge is 0.257 e. The molecule has 0 fully saturated rings. The Morgan fingerprint density at radius 1 is 0.469 bits per heavy atom. The Morgan fingerprint density at radius 2 is 1.08 bits per heavy atom. The minimum atomic E-state index is -0.120. The molecule has 0 amide bonds. The van der Waals surface area contributed by atoms with Crippen molar-refractivity contribution in [2.24, 2.45) is 0 Å². The second-order valence-electron chi connectivity index (χ2n) is 19.9. The van der Waals surface area contributed by atoms with E-state index in [0.717, 1.165) is 89.5 Å². The Labute approximate surface area is 374 Å². The van der Waals surface area contributed by atoms with Crippen LogP contribution < -0.4 is 26.2 Å². The van der Waals surface area contributed by atoms with Crippen LogP contribution in [0.15, 0.2) is 165 Å². The second kappa shape index (κ2) is 13.7. The van der Waals surface area contributed by atoms with Gasteiger partial charge in [-0.3, -0.25) is 4.90 Å². The first-order valence-corrected chi connectivity index (χ1v) is 22.4. The molecule has 0 unspecified atom stereocenters. The molecule has 0 bridgehead atoms. The lowest BCUT2D eigenvalue weighted by atomic mass is 9.33. The van der Waals surface area contributed by atoms with Gasteiger partial charge in [0.05, 0.1) is 18.2 Å². The van der Waals surface area contributed by atoms with Gasteiger partial charge in [-0.1, -0.05) is 126 Å². The van der Waals surface area contributed by atoms with Crippen molar-refractivity contribution in [2.75, 3.05) is 9.80 Å². The number of para-hydroxylation sites is 2. The predicted octanol–water partition coefficient (Wildman–Crippen LogP) is 14.6. The maximum atomic E-state index is 7.23. The van der Waals surface area contributed by atoms with Crippen LogP contribution in [0.2, 0.25) is 0 Å². The molecule has 3 aromatic heterocycles. The number of fused-ring (bicyclic) bond motifs is 8. The predicted molar refractivity (Wildman–Crippen MR) is 268 cm³/mol. The summed E-state index contributed by atoms with van der Waals surface area (Å²) < 4.78 is 19.5. The molecule has 10 aromatic rings. The molecule has 0 radical (unpaired) electrons. The van der Waals surface area contributed by atoms with E-state index in [9.17, 15) is 0 Å². The fraction of sp³-hybridized carbons (Fsp3) is 0.172. The lowest BCUT2D eigenvalue weighted by Gasteiger charge is -2.43. The molecule has 2 aliphatic heterocycles. The molecule has 0 atom stereocenters. The van der Waals surface area contributed by atoms with Gasteiger partial charge in [-0.05, 0) is 124 Å². The third-order valence-corrected chi connectivity index (χ3v) is 13.7. The zero-order chi connectivity index (χ0) is 43.8. The van der Waals surface area contributed by atoms with E-state index >= 15 is 0 Å². The van der Waals surface area contributed by atoms with E-state index in [0.29, 0.717) is 0 Å². The Bertz CT molecular complexity index is 3510. The summed E-state index contributed by atoms with van der Waals surface area (Å²) >= 11 is 0. The molecule has 0 aliphatic carbocycles. The third-order valence-electron chi connectivity index (χ3n) is 13.7. The Kier molecular flexibility index (Phi) is 8.22. The number of rotatable bonds is 4. The molecule has 312 valence electrons. The molecular weight excluding hydrogens is 783 g/mol. The summed E-state index contributed by atoms with van der Waals surface area (Å²) in [5.41, 5.74) is 21.2. The highest BCUT2D eigenvalue weighted by Crippen LogP contribution is 2.49. The summed E-state index contributed by atoms with van der Waals surface area (Å²) in [6, 6.07) is 50.9. The topological polar surface area (TPSA) is 45.9 Å². The average molecular weight is 833 g/mol. The number of hydrogen-bond donors (Lipinski definition) is 0. The Morgan fingerprint density at radius 3 is 1.73 bits per heavy atom. The molecule has 2 aliphatic rings. The molecule has 5 heterocycles. The van der Waals surface area contributed by atoms with Crippen molar-refractivity contribution >= 4 is 90.3 Å². The van der Waals surface area contributed by atoms with Gasteiger partial charge in [0, 0.05) is 55.5 Å². The molecule has 6 heteroatoms. The largest absolute Gasteiger partial charge is 0.464 e. The standard InChI is InChI=1S/C58H49BN2O3/c1-34-27-39(58(6,7)8)28-35(2)55(34)61-48-20-14-19-47-54(48)59(53-43-31-38(57(3,4)5)24-26-52(43)64-56(53)61)46-25-23-37(45-33-63-51-22-12-10-18-42(45)51)30-49(46)60(47)40-16-13-15-36(29-40)44-32-62-50-21-11-9-17-41(44)50/h9-33H,1-8H3. The molecule has 64 heavy (non-hydrogen) atoms. The summed E-state index contributed by atoms with van der Waals surface area (Å²) in [6.45, 7) is 18.1. The molecule has 0 saturated heterocycles. The first kappa shape index (κ1) is 38.5. The van der Waals surface area contributed by atoms with E-state index in [1.54, 1.807) is 0 Å². The molecule has 5 nitrogen and oxygen atoms in total. The monoisotopic (exact) mass is 832 g/mol. The van der Waals surface area contributed by atoms with Crippen molar-refractivity contribution in [3.63, 3.8) is 0 Å². The van der Waals surface area contributed by atoms with Gasteiger partial charge in [-0.15, -0.1) is 0 Å². The fourth-order valence-corrected chi connectivity index (χ4v) is 10.5. The zero-order valence-corrected chi connectivity index (χ0v) is 37.6. The van der Waals surface area contributed by atoms with Crippen molar-refractivity contribution in [1.29, 1.82) is 0 Å². The van der Waals surface area contributed by atoms with E-state index in [1.807, 2.05) is 36.8 Å². The lowest BCUT2D eigenvalue weighted by molar-refractivity contribution is 0.589. The van der Waals surface area contributed by atoms with Crippen molar-refractivity contribution < 1.29 is 13.3 Å². The highest BCUT2D eigenvalue weighted by atomic mass is 16.4. The maximum Gasteiger partial charge on any atom is 0.257 e. The van der Waals surface area contributed by atoms with Crippen LogP contribution in [0.25, 0.3) is 55.2 Å².